The van der Waals surface area contributed by atoms with Gasteiger partial charge in [-0.3, -0.25) is 9.25 Å². The molecule has 2 aromatic carbocycles. The molecule has 152 valence electrons. The number of halogens is 2. The number of benzene rings is 2. The van der Waals surface area contributed by atoms with E-state index in [4.69, 9.17) is 0 Å². The van der Waals surface area contributed by atoms with Gasteiger partial charge in [0.2, 0.25) is 0 Å². The molecular formula is C22H20F2N6. The molecule has 1 N–H and O–H groups in total. The molecule has 0 unspecified atom stereocenters. The summed E-state index contributed by atoms with van der Waals surface area (Å²) < 4.78 is 35.0. The molecule has 6 rings (SSSR count). The Labute approximate surface area is 171 Å². The Bertz CT molecular complexity index is 1350. The molecular weight excluding hydrogens is 386 g/mol. The molecule has 0 radical (unpaired) electrons. The van der Waals surface area contributed by atoms with Gasteiger partial charge in [-0.15, -0.1) is 10.2 Å². The molecule has 3 heterocycles. The van der Waals surface area contributed by atoms with E-state index in [0.717, 1.165) is 23.7 Å². The summed E-state index contributed by atoms with van der Waals surface area (Å²) in [5, 5.41) is 16.8. The quantitative estimate of drug-likeness (QED) is 0.516. The molecule has 30 heavy (non-hydrogen) atoms. The number of fused-ring (bicyclic) bond motifs is 4. The van der Waals surface area contributed by atoms with Crippen molar-refractivity contribution in [2.75, 3.05) is 5.32 Å². The SMILES string of the molecule is Cc1nnc2n1-c1c(cc(F)c(-c3cccc4c3cnn4C3CC3)c1F)NC2(C)C. The second kappa shape index (κ2) is 5.65. The number of aromatic nitrogens is 5. The first-order chi connectivity index (χ1) is 14.4. The summed E-state index contributed by atoms with van der Waals surface area (Å²) in [6.45, 7) is 5.59. The molecule has 1 aliphatic carbocycles. The molecule has 0 saturated heterocycles. The van der Waals surface area contributed by atoms with Crippen LogP contribution in [0.15, 0.2) is 30.5 Å². The lowest BCUT2D eigenvalue weighted by molar-refractivity contribution is 0.517. The predicted octanol–water partition coefficient (Wildman–Crippen LogP) is 4.87. The molecule has 0 bridgehead atoms. The fraction of sp³-hybridized carbons (Fsp3) is 0.318. The number of rotatable bonds is 2. The molecule has 2 aromatic heterocycles. The Balaban J connectivity index is 1.64. The lowest BCUT2D eigenvalue weighted by Crippen LogP contribution is -2.36. The minimum atomic E-state index is -0.635. The van der Waals surface area contributed by atoms with Crippen LogP contribution in [0, 0.1) is 18.6 Å². The van der Waals surface area contributed by atoms with Gasteiger partial charge in [-0.25, -0.2) is 8.78 Å². The Morgan fingerprint density at radius 2 is 1.97 bits per heavy atom. The first-order valence-electron chi connectivity index (χ1n) is 10.1. The van der Waals surface area contributed by atoms with Gasteiger partial charge in [-0.05, 0) is 45.2 Å². The van der Waals surface area contributed by atoms with Gasteiger partial charge in [0.25, 0.3) is 0 Å². The topological polar surface area (TPSA) is 60.6 Å². The molecule has 1 fully saturated rings. The number of nitrogens with one attached hydrogen (secondary N) is 1. The normalized spacial score (nSPS) is 17.0. The van der Waals surface area contributed by atoms with Gasteiger partial charge < -0.3 is 5.32 Å². The Kier molecular flexibility index (Phi) is 3.31. The summed E-state index contributed by atoms with van der Waals surface area (Å²) in [5.41, 5.74) is 1.35. The first kappa shape index (κ1) is 17.6. The fourth-order valence-corrected chi connectivity index (χ4v) is 4.50. The molecule has 6 nitrogen and oxygen atoms in total. The fourth-order valence-electron chi connectivity index (χ4n) is 4.50. The maximum Gasteiger partial charge on any atom is 0.162 e. The summed E-state index contributed by atoms with van der Waals surface area (Å²) in [4.78, 5) is 0. The van der Waals surface area contributed by atoms with E-state index in [1.54, 1.807) is 23.8 Å². The van der Waals surface area contributed by atoms with Crippen LogP contribution in [0.2, 0.25) is 0 Å². The van der Waals surface area contributed by atoms with Crippen molar-refractivity contribution < 1.29 is 8.78 Å². The van der Waals surface area contributed by atoms with E-state index in [1.165, 1.54) is 6.07 Å². The number of aryl methyl sites for hydroxylation is 1. The van der Waals surface area contributed by atoms with E-state index >= 15 is 8.78 Å². The molecule has 0 amide bonds. The van der Waals surface area contributed by atoms with Crippen molar-refractivity contribution in [2.45, 2.75) is 45.2 Å². The van der Waals surface area contributed by atoms with Crippen LogP contribution >= 0.6 is 0 Å². The second-order valence-electron chi connectivity index (χ2n) is 8.66. The Morgan fingerprint density at radius 3 is 2.73 bits per heavy atom. The van der Waals surface area contributed by atoms with Gasteiger partial charge in [-0.2, -0.15) is 5.10 Å². The van der Waals surface area contributed by atoms with Gasteiger partial charge in [-0.1, -0.05) is 12.1 Å². The predicted molar refractivity (Wildman–Crippen MR) is 110 cm³/mol. The third kappa shape index (κ3) is 2.24. The summed E-state index contributed by atoms with van der Waals surface area (Å²) in [6, 6.07) is 7.26. The largest absolute Gasteiger partial charge is 0.371 e. The van der Waals surface area contributed by atoms with Crippen molar-refractivity contribution in [3.63, 3.8) is 0 Å². The monoisotopic (exact) mass is 406 g/mol. The lowest BCUT2D eigenvalue weighted by atomic mass is 9.95. The van der Waals surface area contributed by atoms with Crippen LogP contribution in [0.1, 0.15) is 44.4 Å². The minimum absolute atomic E-state index is 0.0600. The van der Waals surface area contributed by atoms with Crippen molar-refractivity contribution in [3.8, 4) is 16.8 Å². The average Bonchev–Trinajstić information content (AvgIpc) is 3.31. The van der Waals surface area contributed by atoms with Gasteiger partial charge in [0, 0.05) is 11.5 Å². The van der Waals surface area contributed by atoms with Gasteiger partial charge in [0.15, 0.2) is 11.6 Å². The molecule has 8 heteroatoms. The van der Waals surface area contributed by atoms with Crippen LogP contribution in [0.4, 0.5) is 14.5 Å². The van der Waals surface area contributed by atoms with Crippen molar-refractivity contribution in [1.82, 2.24) is 24.5 Å². The van der Waals surface area contributed by atoms with E-state index in [-0.39, 0.29) is 11.3 Å². The van der Waals surface area contributed by atoms with E-state index in [0.29, 0.717) is 28.9 Å². The molecule has 0 spiro atoms. The van der Waals surface area contributed by atoms with Crippen molar-refractivity contribution in [2.24, 2.45) is 0 Å². The number of anilines is 1. The van der Waals surface area contributed by atoms with E-state index in [2.05, 4.69) is 20.6 Å². The van der Waals surface area contributed by atoms with E-state index < -0.39 is 17.2 Å². The van der Waals surface area contributed by atoms with E-state index in [9.17, 15) is 0 Å². The molecule has 4 aromatic rings. The Hall–Kier alpha value is -3.29. The highest BCUT2D eigenvalue weighted by atomic mass is 19.1. The summed E-state index contributed by atoms with van der Waals surface area (Å²) >= 11 is 0. The standard InChI is InChI=1S/C22H20F2N6/c1-11-27-28-21-22(2,3)26-16-9-15(23)18(19(24)20(16)29(11)21)13-5-4-6-17-14(13)10-25-30(17)12-7-8-12/h4-6,9-10,12,26H,7-8H2,1-3H3. The van der Waals surface area contributed by atoms with Crippen molar-refractivity contribution in [1.29, 1.82) is 0 Å². The van der Waals surface area contributed by atoms with Gasteiger partial charge in [0.1, 0.15) is 17.3 Å². The highest BCUT2D eigenvalue weighted by Gasteiger charge is 2.37. The minimum Gasteiger partial charge on any atom is -0.371 e. The number of hydrogen-bond donors (Lipinski definition) is 1. The summed E-state index contributed by atoms with van der Waals surface area (Å²) in [5.74, 6) is -0.111. The van der Waals surface area contributed by atoms with Gasteiger partial charge in [0.05, 0.1) is 34.5 Å². The zero-order valence-electron chi connectivity index (χ0n) is 16.9. The molecule has 2 aliphatic rings. The van der Waals surface area contributed by atoms with E-state index in [1.807, 2.05) is 30.7 Å². The zero-order valence-corrected chi connectivity index (χ0v) is 16.9. The number of hydrogen-bond acceptors (Lipinski definition) is 4. The van der Waals surface area contributed by atoms with Gasteiger partial charge >= 0.3 is 0 Å². The lowest BCUT2D eigenvalue weighted by Gasteiger charge is -2.34. The molecule has 1 aliphatic heterocycles. The van der Waals surface area contributed by atoms with Crippen LogP contribution in [0.25, 0.3) is 27.7 Å². The molecule has 0 atom stereocenters. The maximum absolute atomic E-state index is 16.0. The Morgan fingerprint density at radius 1 is 1.17 bits per heavy atom. The van der Waals surface area contributed by atoms with Crippen molar-refractivity contribution >= 4 is 16.6 Å². The second-order valence-corrected chi connectivity index (χ2v) is 8.66. The van der Waals surface area contributed by atoms with Crippen LogP contribution in [0.5, 0.6) is 0 Å². The first-order valence-corrected chi connectivity index (χ1v) is 10.1. The molecule has 1 saturated carbocycles. The average molecular weight is 406 g/mol. The maximum atomic E-state index is 16.0. The highest BCUT2D eigenvalue weighted by molar-refractivity contribution is 5.96. The zero-order chi connectivity index (χ0) is 20.8. The van der Waals surface area contributed by atoms with Crippen LogP contribution in [-0.4, -0.2) is 24.5 Å². The number of nitrogens with zero attached hydrogens (tertiary/aromatic N) is 5. The highest BCUT2D eigenvalue weighted by Crippen LogP contribution is 2.44. The van der Waals surface area contributed by atoms with Crippen LogP contribution in [-0.2, 0) is 5.54 Å². The van der Waals surface area contributed by atoms with Crippen molar-refractivity contribution in [3.05, 3.63) is 53.7 Å². The smallest absolute Gasteiger partial charge is 0.162 e. The summed E-state index contributed by atoms with van der Waals surface area (Å²) in [6.07, 6.45) is 3.87. The third-order valence-corrected chi connectivity index (χ3v) is 6.05. The summed E-state index contributed by atoms with van der Waals surface area (Å²) in [7, 11) is 0. The van der Waals surface area contributed by atoms with Crippen LogP contribution in [0.3, 0.4) is 0 Å². The third-order valence-electron chi connectivity index (χ3n) is 6.05. The van der Waals surface area contributed by atoms with Crippen LogP contribution < -0.4 is 5.32 Å².